The van der Waals surface area contributed by atoms with Gasteiger partial charge in [-0.05, 0) is 54.3 Å². The fourth-order valence-electron chi connectivity index (χ4n) is 3.10. The number of aryl methyl sites for hydroxylation is 1. The fourth-order valence-corrected chi connectivity index (χ4v) is 4.38. The number of carbonyl (C=O) groups is 1. The number of halogens is 1. The highest BCUT2D eigenvalue weighted by molar-refractivity contribution is 9.10. The number of benzene rings is 3. The standard InChI is InChI=1S/C24H25BrN2O3S/c1-18(21-10-12-22(25)13-11-21)27-24(28)16-9-19-7-14-23(15-8-19)31(29,30)26-17-20-5-3-2-4-6-20/h2-8,10-15,18,26H,9,16-17H2,1H3,(H,27,28)/t18-/m1/s1. The van der Waals surface area contributed by atoms with Gasteiger partial charge in [-0.25, -0.2) is 13.1 Å². The van der Waals surface area contributed by atoms with Gasteiger partial charge >= 0.3 is 0 Å². The third-order valence-electron chi connectivity index (χ3n) is 4.93. The summed E-state index contributed by atoms with van der Waals surface area (Å²) >= 11 is 3.40. The van der Waals surface area contributed by atoms with Crippen molar-refractivity contribution in [3.63, 3.8) is 0 Å². The van der Waals surface area contributed by atoms with E-state index in [1.807, 2.05) is 61.5 Å². The minimum Gasteiger partial charge on any atom is -0.350 e. The Bertz CT molecular complexity index is 1100. The second kappa shape index (κ2) is 10.7. The number of sulfonamides is 1. The first-order valence-electron chi connectivity index (χ1n) is 10.0. The maximum absolute atomic E-state index is 12.5. The first kappa shape index (κ1) is 23.2. The van der Waals surface area contributed by atoms with Crippen LogP contribution in [0.15, 0.2) is 88.2 Å². The van der Waals surface area contributed by atoms with Crippen LogP contribution in [-0.2, 0) is 27.8 Å². The molecule has 7 heteroatoms. The lowest BCUT2D eigenvalue weighted by Gasteiger charge is -2.14. The molecule has 0 aliphatic rings. The average molecular weight is 501 g/mol. The molecule has 0 aromatic heterocycles. The van der Waals surface area contributed by atoms with Crippen molar-refractivity contribution in [3.8, 4) is 0 Å². The highest BCUT2D eigenvalue weighted by Crippen LogP contribution is 2.17. The van der Waals surface area contributed by atoms with Crippen LogP contribution >= 0.6 is 15.9 Å². The lowest BCUT2D eigenvalue weighted by atomic mass is 10.1. The van der Waals surface area contributed by atoms with Gasteiger partial charge in [0.2, 0.25) is 15.9 Å². The number of amides is 1. The van der Waals surface area contributed by atoms with Crippen LogP contribution in [0.5, 0.6) is 0 Å². The fraction of sp³-hybridized carbons (Fsp3) is 0.208. The quantitative estimate of drug-likeness (QED) is 0.445. The summed E-state index contributed by atoms with van der Waals surface area (Å²) in [5.74, 6) is -0.0448. The monoisotopic (exact) mass is 500 g/mol. The minimum absolute atomic E-state index is 0.0448. The van der Waals surface area contributed by atoms with E-state index in [0.29, 0.717) is 12.8 Å². The summed E-state index contributed by atoms with van der Waals surface area (Å²) in [6, 6.07) is 23.8. The SMILES string of the molecule is C[C@@H](NC(=O)CCc1ccc(S(=O)(=O)NCc2ccccc2)cc1)c1ccc(Br)cc1. The van der Waals surface area contributed by atoms with Gasteiger partial charge in [0.05, 0.1) is 10.9 Å². The van der Waals surface area contributed by atoms with Gasteiger partial charge < -0.3 is 5.32 Å². The van der Waals surface area contributed by atoms with Crippen molar-refractivity contribution in [2.75, 3.05) is 0 Å². The molecule has 2 N–H and O–H groups in total. The number of hydrogen-bond donors (Lipinski definition) is 2. The van der Waals surface area contributed by atoms with E-state index in [4.69, 9.17) is 0 Å². The second-order valence-corrected chi connectivity index (χ2v) is 9.98. The van der Waals surface area contributed by atoms with Crippen LogP contribution in [0.4, 0.5) is 0 Å². The Hall–Kier alpha value is -2.48. The molecule has 0 bridgehead atoms. The van der Waals surface area contributed by atoms with Gasteiger partial charge in [-0.3, -0.25) is 4.79 Å². The van der Waals surface area contributed by atoms with Crippen LogP contribution in [0.3, 0.4) is 0 Å². The zero-order valence-electron chi connectivity index (χ0n) is 17.2. The van der Waals surface area contributed by atoms with E-state index in [9.17, 15) is 13.2 Å². The Kier molecular flexibility index (Phi) is 8.01. The zero-order valence-corrected chi connectivity index (χ0v) is 19.6. The Labute approximate surface area is 192 Å². The van der Waals surface area contributed by atoms with E-state index in [1.165, 1.54) is 0 Å². The lowest BCUT2D eigenvalue weighted by molar-refractivity contribution is -0.121. The van der Waals surface area contributed by atoms with E-state index in [-0.39, 0.29) is 23.4 Å². The van der Waals surface area contributed by atoms with E-state index in [2.05, 4.69) is 26.0 Å². The van der Waals surface area contributed by atoms with E-state index < -0.39 is 10.0 Å². The number of rotatable bonds is 9. The van der Waals surface area contributed by atoms with E-state index >= 15 is 0 Å². The van der Waals surface area contributed by atoms with E-state index in [0.717, 1.165) is 21.2 Å². The summed E-state index contributed by atoms with van der Waals surface area (Å²) in [6.07, 6.45) is 0.871. The molecule has 0 saturated carbocycles. The number of hydrogen-bond acceptors (Lipinski definition) is 3. The van der Waals surface area contributed by atoms with Crippen molar-refractivity contribution in [1.82, 2.24) is 10.0 Å². The molecule has 3 rings (SSSR count). The molecule has 0 aliphatic carbocycles. The molecule has 0 unspecified atom stereocenters. The molecule has 162 valence electrons. The Morgan fingerprint density at radius 3 is 2.19 bits per heavy atom. The third-order valence-corrected chi connectivity index (χ3v) is 6.88. The Morgan fingerprint density at radius 1 is 0.903 bits per heavy atom. The number of nitrogens with one attached hydrogen (secondary N) is 2. The number of carbonyl (C=O) groups excluding carboxylic acids is 1. The van der Waals surface area contributed by atoms with Crippen LogP contribution in [0.2, 0.25) is 0 Å². The Balaban J connectivity index is 1.50. The maximum Gasteiger partial charge on any atom is 0.240 e. The molecule has 0 heterocycles. The lowest BCUT2D eigenvalue weighted by Crippen LogP contribution is -2.26. The van der Waals surface area contributed by atoms with E-state index in [1.54, 1.807) is 24.3 Å². The molecule has 5 nitrogen and oxygen atoms in total. The molecule has 31 heavy (non-hydrogen) atoms. The van der Waals surface area contributed by atoms with Gasteiger partial charge in [0, 0.05) is 17.4 Å². The molecular formula is C24H25BrN2O3S. The summed E-state index contributed by atoms with van der Waals surface area (Å²) in [5, 5.41) is 2.99. The molecule has 1 atom stereocenters. The molecule has 3 aromatic rings. The van der Waals surface area contributed by atoms with Crippen molar-refractivity contribution < 1.29 is 13.2 Å². The van der Waals surface area contributed by atoms with Gasteiger partial charge in [0.1, 0.15) is 0 Å². The summed E-state index contributed by atoms with van der Waals surface area (Å²) in [6.45, 7) is 2.19. The summed E-state index contributed by atoms with van der Waals surface area (Å²) in [4.78, 5) is 12.5. The topological polar surface area (TPSA) is 75.3 Å². The first-order chi connectivity index (χ1) is 14.8. The molecule has 0 aliphatic heterocycles. The van der Waals surface area contributed by atoms with Crippen LogP contribution in [0, 0.1) is 0 Å². The van der Waals surface area contributed by atoms with Crippen LogP contribution in [0.1, 0.15) is 36.1 Å². The van der Waals surface area contributed by atoms with Gasteiger partial charge in [-0.1, -0.05) is 70.5 Å². The Morgan fingerprint density at radius 2 is 1.55 bits per heavy atom. The largest absolute Gasteiger partial charge is 0.350 e. The smallest absolute Gasteiger partial charge is 0.240 e. The predicted octanol–water partition coefficient (Wildman–Crippen LogP) is 4.74. The van der Waals surface area contributed by atoms with Gasteiger partial charge in [0.15, 0.2) is 0 Å². The molecule has 3 aromatic carbocycles. The van der Waals surface area contributed by atoms with Gasteiger partial charge in [-0.15, -0.1) is 0 Å². The zero-order chi connectivity index (χ0) is 22.3. The van der Waals surface area contributed by atoms with Crippen molar-refractivity contribution in [2.45, 2.75) is 37.2 Å². The third kappa shape index (κ3) is 7.02. The summed E-state index contributed by atoms with van der Waals surface area (Å²) < 4.78 is 28.6. The van der Waals surface area contributed by atoms with Gasteiger partial charge in [0.25, 0.3) is 0 Å². The van der Waals surface area contributed by atoms with Gasteiger partial charge in [-0.2, -0.15) is 0 Å². The first-order valence-corrected chi connectivity index (χ1v) is 12.3. The second-order valence-electron chi connectivity index (χ2n) is 7.29. The summed E-state index contributed by atoms with van der Waals surface area (Å²) in [5.41, 5.74) is 2.84. The van der Waals surface area contributed by atoms with Crippen molar-refractivity contribution in [3.05, 3.63) is 100 Å². The molecular weight excluding hydrogens is 476 g/mol. The minimum atomic E-state index is -3.59. The van der Waals surface area contributed by atoms with Crippen molar-refractivity contribution >= 4 is 31.9 Å². The van der Waals surface area contributed by atoms with Crippen molar-refractivity contribution in [1.29, 1.82) is 0 Å². The van der Waals surface area contributed by atoms with Crippen LogP contribution in [-0.4, -0.2) is 14.3 Å². The normalized spacial score (nSPS) is 12.3. The van der Waals surface area contributed by atoms with Crippen molar-refractivity contribution in [2.24, 2.45) is 0 Å². The molecule has 0 spiro atoms. The predicted molar refractivity (Wildman–Crippen MR) is 126 cm³/mol. The average Bonchev–Trinajstić information content (AvgIpc) is 2.78. The highest BCUT2D eigenvalue weighted by Gasteiger charge is 2.14. The molecule has 0 radical (unpaired) electrons. The van der Waals surface area contributed by atoms with Crippen LogP contribution < -0.4 is 10.0 Å². The molecule has 0 fully saturated rings. The summed E-state index contributed by atoms with van der Waals surface area (Å²) in [7, 11) is -3.59. The molecule has 0 saturated heterocycles. The highest BCUT2D eigenvalue weighted by atomic mass is 79.9. The van der Waals surface area contributed by atoms with Crippen LogP contribution in [0.25, 0.3) is 0 Å². The maximum atomic E-state index is 12.5. The molecule has 1 amide bonds.